The van der Waals surface area contributed by atoms with Crippen LogP contribution in [-0.4, -0.2) is 35.7 Å². The van der Waals surface area contributed by atoms with Crippen LogP contribution in [0.2, 0.25) is 0 Å². The van der Waals surface area contributed by atoms with E-state index >= 15 is 0 Å². The quantitative estimate of drug-likeness (QED) is 0.517. The first-order valence-electron chi connectivity index (χ1n) is 6.19. The highest BCUT2D eigenvalue weighted by atomic mass is 32.1. The Bertz CT molecular complexity index is 569. The van der Waals surface area contributed by atoms with E-state index in [1.165, 1.54) is 19.9 Å². The number of anilines is 1. The van der Waals surface area contributed by atoms with Gasteiger partial charge in [-0.05, 0) is 13.3 Å². The molecule has 1 aromatic rings. The molecule has 2 rings (SSSR count). The zero-order chi connectivity index (χ0) is 14.9. The third kappa shape index (κ3) is 2.96. The summed E-state index contributed by atoms with van der Waals surface area (Å²) in [5, 5.41) is 14.4. The van der Waals surface area contributed by atoms with Gasteiger partial charge in [0.2, 0.25) is 5.91 Å². The Balaban J connectivity index is 2.22. The zero-order valence-corrected chi connectivity index (χ0v) is 12.0. The largest absolute Gasteiger partial charge is 0.356 e. The second-order valence-corrected chi connectivity index (χ2v) is 5.78. The van der Waals surface area contributed by atoms with Crippen molar-refractivity contribution in [2.75, 3.05) is 18.0 Å². The molecule has 8 heteroatoms. The molecule has 1 unspecified atom stereocenters. The van der Waals surface area contributed by atoms with Crippen molar-refractivity contribution in [1.29, 1.82) is 0 Å². The van der Waals surface area contributed by atoms with Crippen molar-refractivity contribution in [3.8, 4) is 0 Å². The molecule has 0 saturated carbocycles. The molecule has 2 heterocycles. The number of Topliss-reactive ketones (excluding diaryl/α,β-unsaturated/α-hetero) is 1. The van der Waals surface area contributed by atoms with Gasteiger partial charge in [-0.2, -0.15) is 0 Å². The summed E-state index contributed by atoms with van der Waals surface area (Å²) in [6.07, 6.45) is 0.740. The highest BCUT2D eigenvalue weighted by Crippen LogP contribution is 2.39. The summed E-state index contributed by atoms with van der Waals surface area (Å²) in [5.41, 5.74) is -0.0383. The molecule has 1 fully saturated rings. The summed E-state index contributed by atoms with van der Waals surface area (Å²) in [7, 11) is 0. The molecule has 1 saturated heterocycles. The Morgan fingerprint density at radius 2 is 2.20 bits per heavy atom. The molecule has 1 atom stereocenters. The topological polar surface area (TPSA) is 92.6 Å². The van der Waals surface area contributed by atoms with Gasteiger partial charge in [-0.15, -0.1) is 11.3 Å². The third-order valence-corrected chi connectivity index (χ3v) is 4.41. The highest BCUT2D eigenvalue weighted by Gasteiger charge is 2.31. The maximum atomic E-state index is 11.4. The lowest BCUT2D eigenvalue weighted by molar-refractivity contribution is -0.383. The molecule has 108 valence electrons. The van der Waals surface area contributed by atoms with Crippen LogP contribution in [-0.2, 0) is 4.79 Å². The molecule has 1 amide bonds. The Kier molecular flexibility index (Phi) is 4.03. The molecule has 0 spiro atoms. The number of hydrogen-bond donors (Lipinski definition) is 1. The summed E-state index contributed by atoms with van der Waals surface area (Å²) >= 11 is 1.14. The normalized spacial score (nSPS) is 18.1. The minimum Gasteiger partial charge on any atom is -0.356 e. The van der Waals surface area contributed by atoms with Gasteiger partial charge in [-0.3, -0.25) is 19.7 Å². The fraction of sp³-hybridized carbons (Fsp3) is 0.500. The number of nitrogens with one attached hydrogen (secondary N) is 1. The minimum absolute atomic E-state index is 0.00465. The number of hydrogen-bond acceptors (Lipinski definition) is 6. The van der Waals surface area contributed by atoms with E-state index in [1.807, 2.05) is 4.90 Å². The standard InChI is InChI=1S/C12H15N3O4S/c1-7(16)11-5-10(15(18)19)12(20-11)14-4-3-9(6-14)13-8(2)17/h5,9H,3-4,6H2,1-2H3,(H,13,17). The van der Waals surface area contributed by atoms with E-state index < -0.39 is 4.92 Å². The molecule has 0 aliphatic carbocycles. The van der Waals surface area contributed by atoms with Crippen molar-refractivity contribution in [3.63, 3.8) is 0 Å². The fourth-order valence-corrected chi connectivity index (χ4v) is 3.31. The maximum absolute atomic E-state index is 11.4. The lowest BCUT2D eigenvalue weighted by atomic mass is 10.3. The maximum Gasteiger partial charge on any atom is 0.304 e. The average Bonchev–Trinajstić information content (AvgIpc) is 2.93. The molecule has 1 aliphatic heterocycles. The number of amides is 1. The summed E-state index contributed by atoms with van der Waals surface area (Å²) in [6.45, 7) is 4.00. The number of rotatable bonds is 4. The molecule has 0 aromatic carbocycles. The fourth-order valence-electron chi connectivity index (χ4n) is 2.25. The predicted molar refractivity (Wildman–Crippen MR) is 75.4 cm³/mol. The van der Waals surface area contributed by atoms with Crippen molar-refractivity contribution in [1.82, 2.24) is 5.32 Å². The molecule has 1 aliphatic rings. The van der Waals surface area contributed by atoms with Gasteiger partial charge in [0.1, 0.15) is 0 Å². The molecular weight excluding hydrogens is 282 g/mol. The molecule has 1 N–H and O–H groups in total. The lowest BCUT2D eigenvalue weighted by Gasteiger charge is -2.16. The van der Waals surface area contributed by atoms with Crippen LogP contribution in [0.4, 0.5) is 10.7 Å². The van der Waals surface area contributed by atoms with Crippen LogP contribution >= 0.6 is 11.3 Å². The number of ketones is 1. The van der Waals surface area contributed by atoms with Crippen LogP contribution in [0.1, 0.15) is 29.9 Å². The molecule has 0 bridgehead atoms. The third-order valence-electron chi connectivity index (χ3n) is 3.12. The SMILES string of the molecule is CC(=O)NC1CCN(c2sc(C(C)=O)cc2[N+](=O)[O-])C1. The van der Waals surface area contributed by atoms with Crippen molar-refractivity contribution >= 4 is 33.7 Å². The van der Waals surface area contributed by atoms with Crippen molar-refractivity contribution in [2.24, 2.45) is 0 Å². The number of carbonyl (C=O) groups excluding carboxylic acids is 2. The van der Waals surface area contributed by atoms with E-state index in [0.717, 1.165) is 17.8 Å². The summed E-state index contributed by atoms with van der Waals surface area (Å²) in [6, 6.07) is 1.32. The molecule has 0 radical (unpaired) electrons. The van der Waals surface area contributed by atoms with Crippen LogP contribution in [0, 0.1) is 10.1 Å². The van der Waals surface area contributed by atoms with E-state index in [-0.39, 0.29) is 23.4 Å². The smallest absolute Gasteiger partial charge is 0.304 e. The monoisotopic (exact) mass is 297 g/mol. The lowest BCUT2D eigenvalue weighted by Crippen LogP contribution is -2.35. The molecule has 7 nitrogen and oxygen atoms in total. The van der Waals surface area contributed by atoms with E-state index in [9.17, 15) is 19.7 Å². The van der Waals surface area contributed by atoms with Crippen molar-refractivity contribution < 1.29 is 14.5 Å². The predicted octanol–water partition coefficient (Wildman–Crippen LogP) is 1.57. The van der Waals surface area contributed by atoms with Crippen LogP contribution in [0.3, 0.4) is 0 Å². The van der Waals surface area contributed by atoms with Gasteiger partial charge in [0, 0.05) is 32.1 Å². The Labute approximate surface area is 119 Å². The first kappa shape index (κ1) is 14.4. The van der Waals surface area contributed by atoms with Gasteiger partial charge in [0.05, 0.1) is 9.80 Å². The first-order valence-corrected chi connectivity index (χ1v) is 7.01. The van der Waals surface area contributed by atoms with Gasteiger partial charge in [-0.25, -0.2) is 0 Å². The highest BCUT2D eigenvalue weighted by molar-refractivity contribution is 7.18. The van der Waals surface area contributed by atoms with Gasteiger partial charge in [0.15, 0.2) is 10.8 Å². The average molecular weight is 297 g/mol. The van der Waals surface area contributed by atoms with Crippen LogP contribution < -0.4 is 10.2 Å². The van der Waals surface area contributed by atoms with E-state index in [1.54, 1.807) is 0 Å². The minimum atomic E-state index is -0.468. The number of thiophene rings is 1. The van der Waals surface area contributed by atoms with Gasteiger partial charge in [-0.1, -0.05) is 0 Å². The first-order chi connectivity index (χ1) is 9.38. The van der Waals surface area contributed by atoms with Gasteiger partial charge in [0.25, 0.3) is 0 Å². The van der Waals surface area contributed by atoms with Crippen molar-refractivity contribution in [3.05, 3.63) is 21.1 Å². The number of carbonyl (C=O) groups is 2. The van der Waals surface area contributed by atoms with E-state index in [2.05, 4.69) is 5.32 Å². The zero-order valence-electron chi connectivity index (χ0n) is 11.2. The molecular formula is C12H15N3O4S. The summed E-state index contributed by atoms with van der Waals surface area (Å²) < 4.78 is 0. The van der Waals surface area contributed by atoms with Crippen LogP contribution in [0.5, 0.6) is 0 Å². The van der Waals surface area contributed by atoms with Gasteiger partial charge >= 0.3 is 5.69 Å². The van der Waals surface area contributed by atoms with E-state index in [0.29, 0.717) is 23.0 Å². The Morgan fingerprint density at radius 3 is 2.75 bits per heavy atom. The molecule has 1 aromatic heterocycles. The summed E-state index contributed by atoms with van der Waals surface area (Å²) in [5.74, 6) is -0.288. The van der Waals surface area contributed by atoms with Crippen molar-refractivity contribution in [2.45, 2.75) is 26.3 Å². The van der Waals surface area contributed by atoms with Gasteiger partial charge < -0.3 is 10.2 Å². The molecule has 20 heavy (non-hydrogen) atoms. The van der Waals surface area contributed by atoms with E-state index in [4.69, 9.17) is 0 Å². The Hall–Kier alpha value is -1.96. The Morgan fingerprint density at radius 1 is 1.50 bits per heavy atom. The second-order valence-electron chi connectivity index (χ2n) is 4.75. The number of nitro groups is 1. The number of nitrogens with zero attached hydrogens (tertiary/aromatic N) is 2. The van der Waals surface area contributed by atoms with Crippen LogP contribution in [0.15, 0.2) is 6.07 Å². The summed E-state index contributed by atoms with van der Waals surface area (Å²) in [4.78, 5) is 35.3. The van der Waals surface area contributed by atoms with Crippen LogP contribution in [0.25, 0.3) is 0 Å². The second kappa shape index (κ2) is 5.58.